The van der Waals surface area contributed by atoms with E-state index < -0.39 is 0 Å². The molecule has 30 heavy (non-hydrogen) atoms. The number of fused-ring (bicyclic) bond motifs is 2. The average molecular weight is 400 g/mol. The van der Waals surface area contributed by atoms with Crippen LogP contribution in [0, 0.1) is 5.92 Å². The molecule has 0 saturated carbocycles. The van der Waals surface area contributed by atoms with Gasteiger partial charge in [0.2, 0.25) is 12.7 Å². The van der Waals surface area contributed by atoms with Crippen LogP contribution >= 0.6 is 0 Å². The van der Waals surface area contributed by atoms with E-state index in [0.29, 0.717) is 13.1 Å². The highest BCUT2D eigenvalue weighted by Crippen LogP contribution is 2.36. The summed E-state index contributed by atoms with van der Waals surface area (Å²) in [5.41, 5.74) is 4.65. The number of ether oxygens (including phenoxy) is 2. The maximum absolute atomic E-state index is 13.7. The van der Waals surface area contributed by atoms with Gasteiger partial charge in [-0.3, -0.25) is 9.78 Å². The Labute approximate surface area is 176 Å². The lowest BCUT2D eigenvalue weighted by molar-refractivity contribution is -0.137. The van der Waals surface area contributed by atoms with Crippen LogP contribution < -0.4 is 9.47 Å². The summed E-state index contributed by atoms with van der Waals surface area (Å²) in [6.45, 7) is 1.23. The van der Waals surface area contributed by atoms with Crippen LogP contribution in [-0.4, -0.2) is 22.6 Å². The number of nitrogens with zero attached hydrogens (tertiary/aromatic N) is 2. The number of hydrogen-bond donors (Lipinski definition) is 0. The number of amides is 1. The number of carbonyl (C=O) groups is 1. The Morgan fingerprint density at radius 3 is 2.77 bits per heavy atom. The second kappa shape index (κ2) is 8.19. The van der Waals surface area contributed by atoms with Gasteiger partial charge in [-0.15, -0.1) is 0 Å². The zero-order valence-electron chi connectivity index (χ0n) is 16.8. The third-order valence-electron chi connectivity index (χ3n) is 5.94. The molecule has 1 unspecified atom stereocenters. The quantitative estimate of drug-likeness (QED) is 0.646. The summed E-state index contributed by atoms with van der Waals surface area (Å²) in [7, 11) is 0. The molecule has 3 aromatic rings. The fourth-order valence-electron chi connectivity index (χ4n) is 4.41. The highest BCUT2D eigenvalue weighted by molar-refractivity contribution is 5.79. The number of benzene rings is 2. The van der Waals surface area contributed by atoms with Crippen molar-refractivity contribution in [2.24, 2.45) is 5.92 Å². The molecular formula is C25H24N2O3. The smallest absolute Gasteiger partial charge is 0.231 e. The molecule has 5 rings (SSSR count). The molecule has 0 radical (unpaired) electrons. The second-order valence-corrected chi connectivity index (χ2v) is 7.91. The molecule has 1 aliphatic heterocycles. The van der Waals surface area contributed by atoms with Gasteiger partial charge in [-0.2, -0.15) is 0 Å². The Bertz CT molecular complexity index is 1050. The lowest BCUT2D eigenvalue weighted by Crippen LogP contribution is -2.37. The third-order valence-corrected chi connectivity index (χ3v) is 5.94. The highest BCUT2D eigenvalue weighted by atomic mass is 16.7. The van der Waals surface area contributed by atoms with Crippen molar-refractivity contribution < 1.29 is 14.3 Å². The first kappa shape index (κ1) is 18.7. The molecule has 0 spiro atoms. The van der Waals surface area contributed by atoms with Gasteiger partial charge in [0.15, 0.2) is 11.5 Å². The van der Waals surface area contributed by atoms with Crippen LogP contribution in [0.4, 0.5) is 0 Å². The van der Waals surface area contributed by atoms with Gasteiger partial charge in [-0.1, -0.05) is 42.5 Å². The predicted octanol–water partition coefficient (Wildman–Crippen LogP) is 4.14. The fraction of sp³-hybridized carbons (Fsp3) is 0.280. The van der Waals surface area contributed by atoms with Crippen LogP contribution in [-0.2, 0) is 30.7 Å². The van der Waals surface area contributed by atoms with Crippen molar-refractivity contribution in [1.82, 2.24) is 9.88 Å². The largest absolute Gasteiger partial charge is 0.454 e. The minimum atomic E-state index is -0.00880. The van der Waals surface area contributed by atoms with E-state index >= 15 is 0 Å². The van der Waals surface area contributed by atoms with Gasteiger partial charge >= 0.3 is 0 Å². The second-order valence-electron chi connectivity index (χ2n) is 7.91. The van der Waals surface area contributed by atoms with Crippen molar-refractivity contribution in [2.45, 2.75) is 32.4 Å². The molecule has 0 N–H and O–H groups in total. The summed E-state index contributed by atoms with van der Waals surface area (Å²) in [4.78, 5) is 19.8. The average Bonchev–Trinajstić information content (AvgIpc) is 3.28. The molecule has 0 bridgehead atoms. The van der Waals surface area contributed by atoms with Gasteiger partial charge in [0.1, 0.15) is 0 Å². The number of aromatic nitrogens is 1. The van der Waals surface area contributed by atoms with Gasteiger partial charge in [-0.05, 0) is 48.1 Å². The topological polar surface area (TPSA) is 51.7 Å². The van der Waals surface area contributed by atoms with E-state index in [1.807, 2.05) is 41.4 Å². The standard InChI is InChI=1S/C25H24N2O3/c28-25(21-11-10-19-6-1-2-7-20(19)13-21)27(15-18-5-4-12-26-14-18)16-22-8-3-9-23-24(22)30-17-29-23/h1-9,12,14,21H,10-11,13,15-17H2. The molecule has 5 heteroatoms. The molecule has 152 valence electrons. The van der Waals surface area contributed by atoms with E-state index in [1.165, 1.54) is 11.1 Å². The molecule has 2 aromatic carbocycles. The van der Waals surface area contributed by atoms with Crippen LogP contribution in [0.15, 0.2) is 67.0 Å². The molecule has 2 heterocycles. The van der Waals surface area contributed by atoms with E-state index in [9.17, 15) is 4.79 Å². The monoisotopic (exact) mass is 400 g/mol. The molecule has 0 fully saturated rings. The fourth-order valence-corrected chi connectivity index (χ4v) is 4.41. The third kappa shape index (κ3) is 3.75. The van der Waals surface area contributed by atoms with Crippen LogP contribution in [0.1, 0.15) is 28.7 Å². The Kier molecular flexibility index (Phi) is 5.10. The molecule has 1 amide bonds. The van der Waals surface area contributed by atoms with Gasteiger partial charge in [-0.25, -0.2) is 0 Å². The van der Waals surface area contributed by atoms with Crippen molar-refractivity contribution >= 4 is 5.91 Å². The molecule has 1 atom stereocenters. The zero-order chi connectivity index (χ0) is 20.3. The first-order chi connectivity index (χ1) is 14.8. The molecular weight excluding hydrogens is 376 g/mol. The highest BCUT2D eigenvalue weighted by Gasteiger charge is 2.29. The maximum Gasteiger partial charge on any atom is 0.231 e. The number of hydrogen-bond acceptors (Lipinski definition) is 4. The van der Waals surface area contributed by atoms with Crippen molar-refractivity contribution in [2.75, 3.05) is 6.79 Å². The predicted molar refractivity (Wildman–Crippen MR) is 113 cm³/mol. The maximum atomic E-state index is 13.7. The number of pyridine rings is 1. The van der Waals surface area contributed by atoms with Crippen molar-refractivity contribution in [3.63, 3.8) is 0 Å². The van der Waals surface area contributed by atoms with Crippen LogP contribution in [0.5, 0.6) is 11.5 Å². The molecule has 1 aromatic heterocycles. The Morgan fingerprint density at radius 1 is 1.00 bits per heavy atom. The van der Waals surface area contributed by atoms with E-state index in [0.717, 1.165) is 41.9 Å². The van der Waals surface area contributed by atoms with Crippen molar-refractivity contribution in [1.29, 1.82) is 0 Å². The summed E-state index contributed by atoms with van der Waals surface area (Å²) in [5.74, 6) is 1.67. The molecule has 5 nitrogen and oxygen atoms in total. The van der Waals surface area contributed by atoms with Gasteiger partial charge in [0, 0.05) is 37.0 Å². The Balaban J connectivity index is 1.41. The van der Waals surface area contributed by atoms with Crippen molar-refractivity contribution in [3.05, 3.63) is 89.2 Å². The summed E-state index contributed by atoms with van der Waals surface area (Å²) in [6.07, 6.45) is 6.20. The minimum absolute atomic E-state index is 0.00880. The van der Waals surface area contributed by atoms with E-state index in [4.69, 9.17) is 9.47 Å². The lowest BCUT2D eigenvalue weighted by atomic mass is 9.83. The van der Waals surface area contributed by atoms with Crippen LogP contribution in [0.2, 0.25) is 0 Å². The molecule has 0 saturated heterocycles. The number of rotatable bonds is 5. The zero-order valence-corrected chi connectivity index (χ0v) is 16.8. The summed E-state index contributed by atoms with van der Waals surface area (Å²) in [6, 6.07) is 18.2. The van der Waals surface area contributed by atoms with Crippen LogP contribution in [0.3, 0.4) is 0 Å². The van der Waals surface area contributed by atoms with E-state index in [1.54, 1.807) is 6.20 Å². The van der Waals surface area contributed by atoms with E-state index in [-0.39, 0.29) is 18.6 Å². The lowest BCUT2D eigenvalue weighted by Gasteiger charge is -2.30. The van der Waals surface area contributed by atoms with Crippen LogP contribution in [0.25, 0.3) is 0 Å². The van der Waals surface area contributed by atoms with Gasteiger partial charge < -0.3 is 14.4 Å². The first-order valence-corrected chi connectivity index (χ1v) is 10.4. The minimum Gasteiger partial charge on any atom is -0.454 e. The number of aryl methyl sites for hydroxylation is 1. The normalized spacial score (nSPS) is 16.7. The summed E-state index contributed by atoms with van der Waals surface area (Å²) in [5, 5.41) is 0. The molecule has 1 aliphatic carbocycles. The van der Waals surface area contributed by atoms with E-state index in [2.05, 4.69) is 29.2 Å². The summed E-state index contributed by atoms with van der Waals surface area (Å²) < 4.78 is 11.2. The molecule has 2 aliphatic rings. The van der Waals surface area contributed by atoms with Crippen molar-refractivity contribution in [3.8, 4) is 11.5 Å². The first-order valence-electron chi connectivity index (χ1n) is 10.4. The Hall–Kier alpha value is -3.34. The Morgan fingerprint density at radius 2 is 1.90 bits per heavy atom. The number of para-hydroxylation sites is 1. The summed E-state index contributed by atoms with van der Waals surface area (Å²) >= 11 is 0. The SMILES string of the molecule is O=C(C1CCc2ccccc2C1)N(Cc1cccnc1)Cc1cccc2c1OCO2. The number of carbonyl (C=O) groups excluding carboxylic acids is 1. The van der Waals surface area contributed by atoms with Gasteiger partial charge in [0.05, 0.1) is 0 Å². The van der Waals surface area contributed by atoms with Gasteiger partial charge in [0.25, 0.3) is 0 Å².